The number of likely N-dealkylation sites (N-methyl/N-ethyl adjacent to an activating group) is 1. The van der Waals surface area contributed by atoms with Crippen LogP contribution in [0.2, 0.25) is 0 Å². The topological polar surface area (TPSA) is 29.3 Å². The van der Waals surface area contributed by atoms with Gasteiger partial charge in [-0.2, -0.15) is 0 Å². The molecule has 0 amide bonds. The summed E-state index contributed by atoms with van der Waals surface area (Å²) in [5.41, 5.74) is 5.89. The first kappa shape index (κ1) is 8.37. The largest absolute Gasteiger partial charge is 0.326 e. The molecule has 1 aliphatic rings. The van der Waals surface area contributed by atoms with E-state index in [9.17, 15) is 0 Å². The van der Waals surface area contributed by atoms with Crippen LogP contribution in [-0.2, 0) is 0 Å². The van der Waals surface area contributed by atoms with E-state index in [0.717, 1.165) is 6.42 Å². The second-order valence-electron chi connectivity index (χ2n) is 3.09. The molecule has 0 aromatic carbocycles. The zero-order valence-electron chi connectivity index (χ0n) is 6.45. The molecule has 2 nitrogen and oxygen atoms in total. The molecule has 1 fully saturated rings. The summed E-state index contributed by atoms with van der Waals surface area (Å²) < 4.78 is 1.95. The van der Waals surface area contributed by atoms with Crippen molar-refractivity contribution < 1.29 is 0 Å². The van der Waals surface area contributed by atoms with E-state index in [0.29, 0.717) is 12.1 Å². The molecule has 0 heterocycles. The summed E-state index contributed by atoms with van der Waals surface area (Å²) in [6, 6.07) is 0.841. The van der Waals surface area contributed by atoms with E-state index >= 15 is 0 Å². The molecule has 0 aromatic rings. The van der Waals surface area contributed by atoms with E-state index in [-0.39, 0.29) is 0 Å². The number of thiol groups is 1. The van der Waals surface area contributed by atoms with Crippen LogP contribution in [-0.4, -0.2) is 23.4 Å². The first-order valence-corrected chi connectivity index (χ1v) is 4.29. The Morgan fingerprint density at radius 3 is 2.40 bits per heavy atom. The fourth-order valence-corrected chi connectivity index (χ4v) is 1.89. The smallest absolute Gasteiger partial charge is 0.0348 e. The lowest BCUT2D eigenvalue weighted by Gasteiger charge is -2.32. The highest BCUT2D eigenvalue weighted by molar-refractivity contribution is 7.77. The van der Waals surface area contributed by atoms with E-state index in [1.807, 2.05) is 11.4 Å². The summed E-state index contributed by atoms with van der Waals surface area (Å²) in [5.74, 6) is 0. The normalized spacial score (nSPS) is 34.8. The molecule has 0 aliphatic heterocycles. The van der Waals surface area contributed by atoms with Gasteiger partial charge in [-0.05, 0) is 19.9 Å². The van der Waals surface area contributed by atoms with Gasteiger partial charge in [0.15, 0.2) is 0 Å². The van der Waals surface area contributed by atoms with Crippen LogP contribution in [0.3, 0.4) is 0 Å². The lowest BCUT2D eigenvalue weighted by Crippen LogP contribution is -2.44. The van der Waals surface area contributed by atoms with Crippen molar-refractivity contribution >= 4 is 12.8 Å². The number of hydrogen-bond donors (Lipinski definition) is 2. The van der Waals surface area contributed by atoms with Crippen molar-refractivity contribution in [1.82, 2.24) is 4.31 Å². The van der Waals surface area contributed by atoms with Gasteiger partial charge in [0.05, 0.1) is 0 Å². The minimum absolute atomic E-state index is 0.344. The zero-order valence-corrected chi connectivity index (χ0v) is 7.35. The summed E-state index contributed by atoms with van der Waals surface area (Å²) >= 11 is 4.25. The SMILES string of the molecule is CN(S)C1CCCCC1N. The lowest BCUT2D eigenvalue weighted by atomic mass is 9.91. The molecule has 0 spiro atoms. The molecular formula is C7H16N2S. The first-order valence-electron chi connectivity index (χ1n) is 3.89. The molecule has 0 aromatic heterocycles. The number of nitrogens with zero attached hydrogens (tertiary/aromatic N) is 1. The second kappa shape index (κ2) is 3.60. The maximum Gasteiger partial charge on any atom is 0.0348 e. The van der Waals surface area contributed by atoms with Crippen molar-refractivity contribution in [3.05, 3.63) is 0 Å². The maximum atomic E-state index is 5.89. The molecule has 0 bridgehead atoms. The Bertz CT molecular complexity index is 106. The highest BCUT2D eigenvalue weighted by Crippen LogP contribution is 2.21. The van der Waals surface area contributed by atoms with E-state index in [2.05, 4.69) is 12.8 Å². The van der Waals surface area contributed by atoms with Crippen LogP contribution in [0.25, 0.3) is 0 Å². The van der Waals surface area contributed by atoms with Gasteiger partial charge in [-0.3, -0.25) is 4.31 Å². The van der Waals surface area contributed by atoms with Crippen molar-refractivity contribution in [3.63, 3.8) is 0 Å². The van der Waals surface area contributed by atoms with Crippen molar-refractivity contribution in [2.24, 2.45) is 5.73 Å². The van der Waals surface area contributed by atoms with Gasteiger partial charge in [0.2, 0.25) is 0 Å². The Kier molecular flexibility index (Phi) is 3.01. The first-order chi connectivity index (χ1) is 4.72. The van der Waals surface area contributed by atoms with Crippen molar-refractivity contribution in [3.8, 4) is 0 Å². The zero-order chi connectivity index (χ0) is 7.56. The molecule has 2 N–H and O–H groups in total. The standard InChI is InChI=1S/C7H16N2S/c1-9(10)7-5-3-2-4-6(7)8/h6-7,10H,2-5,8H2,1H3. The molecular weight excluding hydrogens is 144 g/mol. The number of hydrogen-bond acceptors (Lipinski definition) is 3. The van der Waals surface area contributed by atoms with Gasteiger partial charge in [0, 0.05) is 12.1 Å². The Labute approximate surface area is 68.3 Å². The van der Waals surface area contributed by atoms with Gasteiger partial charge < -0.3 is 5.73 Å². The second-order valence-corrected chi connectivity index (χ2v) is 3.72. The average molecular weight is 160 g/mol. The van der Waals surface area contributed by atoms with Crippen LogP contribution in [0, 0.1) is 0 Å². The van der Waals surface area contributed by atoms with E-state index < -0.39 is 0 Å². The third kappa shape index (κ3) is 1.87. The highest BCUT2D eigenvalue weighted by Gasteiger charge is 2.23. The van der Waals surface area contributed by atoms with Crippen LogP contribution in [0.15, 0.2) is 0 Å². The monoisotopic (exact) mass is 160 g/mol. The molecule has 1 rings (SSSR count). The average Bonchev–Trinajstić information content (AvgIpc) is 1.88. The van der Waals surface area contributed by atoms with Crippen LogP contribution < -0.4 is 5.73 Å². The van der Waals surface area contributed by atoms with Crippen molar-refractivity contribution in [2.45, 2.75) is 37.8 Å². The molecule has 60 valence electrons. The fraction of sp³-hybridized carbons (Fsp3) is 1.00. The Morgan fingerprint density at radius 1 is 1.40 bits per heavy atom. The Morgan fingerprint density at radius 2 is 2.00 bits per heavy atom. The molecule has 10 heavy (non-hydrogen) atoms. The number of nitrogens with two attached hydrogens (primary N) is 1. The maximum absolute atomic E-state index is 5.89. The fourth-order valence-electron chi connectivity index (χ4n) is 1.60. The van der Waals surface area contributed by atoms with Crippen LogP contribution in [0.4, 0.5) is 0 Å². The Hall–Kier alpha value is 0.270. The van der Waals surface area contributed by atoms with Gasteiger partial charge in [-0.25, -0.2) is 0 Å². The lowest BCUT2D eigenvalue weighted by molar-refractivity contribution is 0.270. The molecule has 1 aliphatic carbocycles. The van der Waals surface area contributed by atoms with Crippen LogP contribution in [0.5, 0.6) is 0 Å². The predicted octanol–water partition coefficient (Wildman–Crippen LogP) is 1.03. The van der Waals surface area contributed by atoms with Crippen LogP contribution >= 0.6 is 12.8 Å². The van der Waals surface area contributed by atoms with Gasteiger partial charge >= 0.3 is 0 Å². The van der Waals surface area contributed by atoms with Gasteiger partial charge in [-0.15, -0.1) is 0 Å². The molecule has 2 unspecified atom stereocenters. The minimum atomic E-state index is 0.344. The molecule has 0 saturated heterocycles. The minimum Gasteiger partial charge on any atom is -0.326 e. The molecule has 1 saturated carbocycles. The van der Waals surface area contributed by atoms with Crippen LogP contribution in [0.1, 0.15) is 25.7 Å². The van der Waals surface area contributed by atoms with Crippen molar-refractivity contribution in [1.29, 1.82) is 0 Å². The third-order valence-corrected chi connectivity index (χ3v) is 2.56. The quantitative estimate of drug-likeness (QED) is 0.561. The summed E-state index contributed by atoms with van der Waals surface area (Å²) in [4.78, 5) is 0. The predicted molar refractivity (Wildman–Crippen MR) is 47.0 cm³/mol. The van der Waals surface area contributed by atoms with Gasteiger partial charge in [0.1, 0.15) is 0 Å². The molecule has 3 heteroatoms. The molecule has 0 radical (unpaired) electrons. The summed E-state index contributed by atoms with van der Waals surface area (Å²) in [6.45, 7) is 0. The van der Waals surface area contributed by atoms with E-state index in [4.69, 9.17) is 5.73 Å². The summed E-state index contributed by atoms with van der Waals surface area (Å²) in [5, 5.41) is 0. The molecule has 2 atom stereocenters. The number of rotatable bonds is 1. The van der Waals surface area contributed by atoms with E-state index in [1.165, 1.54) is 19.3 Å². The Balaban J connectivity index is 2.40. The van der Waals surface area contributed by atoms with Crippen molar-refractivity contribution in [2.75, 3.05) is 7.05 Å². The summed E-state index contributed by atoms with van der Waals surface area (Å²) in [6.07, 6.45) is 4.97. The van der Waals surface area contributed by atoms with Gasteiger partial charge in [0.25, 0.3) is 0 Å². The van der Waals surface area contributed by atoms with E-state index in [1.54, 1.807) is 0 Å². The highest BCUT2D eigenvalue weighted by atomic mass is 32.1. The summed E-state index contributed by atoms with van der Waals surface area (Å²) in [7, 11) is 1.99. The van der Waals surface area contributed by atoms with Gasteiger partial charge in [-0.1, -0.05) is 25.7 Å². The third-order valence-electron chi connectivity index (χ3n) is 2.26.